The van der Waals surface area contributed by atoms with E-state index in [1.54, 1.807) is 24.3 Å². The van der Waals surface area contributed by atoms with Gasteiger partial charge in [-0.3, -0.25) is 9.59 Å². The number of benzene rings is 2. The quantitative estimate of drug-likeness (QED) is 0.385. The molecule has 3 heterocycles. The number of imidazole rings is 1. The minimum absolute atomic E-state index is 0.00922. The highest BCUT2D eigenvalue weighted by Crippen LogP contribution is 2.45. The number of ether oxygens (including phenoxy) is 2. The summed E-state index contributed by atoms with van der Waals surface area (Å²) < 4.78 is 65.0. The fourth-order valence-corrected chi connectivity index (χ4v) is 6.91. The zero-order chi connectivity index (χ0) is 29.6. The average molecular weight is 604 g/mol. The number of hydrogen-bond acceptors (Lipinski definition) is 7. The zero-order valence-electron chi connectivity index (χ0n) is 22.9. The Morgan fingerprint density at radius 3 is 2.57 bits per heavy atom. The molecule has 1 aliphatic carbocycles. The Labute approximate surface area is 241 Å². The molecule has 1 saturated heterocycles. The molecule has 0 spiro atoms. The number of fused-ring (bicyclic) bond motifs is 2. The molecule has 2 amide bonds. The number of para-hydroxylation sites is 1. The number of carbonyl (C=O) groups is 2. The van der Waals surface area contributed by atoms with E-state index in [0.717, 1.165) is 24.2 Å². The molecule has 2 aromatic carbocycles. The summed E-state index contributed by atoms with van der Waals surface area (Å²) in [5, 5.41) is 5.28. The largest absolute Gasteiger partial charge is 0.586 e. The molecule has 1 aromatic heterocycles. The van der Waals surface area contributed by atoms with Crippen LogP contribution in [0, 0.1) is 5.92 Å². The predicted molar refractivity (Wildman–Crippen MR) is 148 cm³/mol. The number of carbonyl (C=O) groups excluding carboxylic acids is 2. The van der Waals surface area contributed by atoms with Gasteiger partial charge in [0, 0.05) is 43.7 Å². The van der Waals surface area contributed by atoms with Gasteiger partial charge in [0.1, 0.15) is 11.6 Å². The smallest absolute Gasteiger partial charge is 0.395 e. The lowest BCUT2D eigenvalue weighted by Gasteiger charge is -2.31. The molecule has 3 aliphatic rings. The number of alkyl halides is 2. The Morgan fingerprint density at radius 1 is 1.10 bits per heavy atom. The van der Waals surface area contributed by atoms with Crippen molar-refractivity contribution in [1.82, 2.24) is 24.5 Å². The van der Waals surface area contributed by atoms with Crippen LogP contribution in [-0.4, -0.2) is 72.8 Å². The van der Waals surface area contributed by atoms with Gasteiger partial charge >= 0.3 is 6.29 Å². The first-order chi connectivity index (χ1) is 20.0. The molecular formula is C28H31F2N5O6S. The van der Waals surface area contributed by atoms with Gasteiger partial charge in [0.2, 0.25) is 15.9 Å². The summed E-state index contributed by atoms with van der Waals surface area (Å²) in [6, 6.07) is 10.1. The molecule has 14 heteroatoms. The number of hydrogen-bond donors (Lipinski definition) is 2. The van der Waals surface area contributed by atoms with Gasteiger partial charge in [0.05, 0.1) is 17.6 Å². The highest BCUT2D eigenvalue weighted by Gasteiger charge is 2.44. The summed E-state index contributed by atoms with van der Waals surface area (Å²) in [4.78, 5) is 29.4. The molecule has 0 bridgehead atoms. The normalized spacial score (nSPS) is 18.7. The maximum atomic E-state index is 13.7. The lowest BCUT2D eigenvalue weighted by molar-refractivity contribution is -0.287. The van der Waals surface area contributed by atoms with Crippen LogP contribution in [0.2, 0.25) is 0 Å². The van der Waals surface area contributed by atoms with Gasteiger partial charge in [-0.25, -0.2) is 17.7 Å². The Kier molecular flexibility index (Phi) is 7.29. The minimum Gasteiger partial charge on any atom is -0.395 e. The first-order valence-corrected chi connectivity index (χ1v) is 15.5. The van der Waals surface area contributed by atoms with Crippen LogP contribution in [0.15, 0.2) is 36.4 Å². The van der Waals surface area contributed by atoms with E-state index >= 15 is 0 Å². The van der Waals surface area contributed by atoms with Crippen molar-refractivity contribution < 1.29 is 36.3 Å². The molecule has 2 aliphatic heterocycles. The summed E-state index contributed by atoms with van der Waals surface area (Å²) in [5.41, 5.74) is 2.40. The van der Waals surface area contributed by atoms with E-state index in [0.29, 0.717) is 49.1 Å². The lowest BCUT2D eigenvalue weighted by atomic mass is 9.98. The molecule has 224 valence electrons. The third kappa shape index (κ3) is 5.77. The number of halogens is 2. The minimum atomic E-state index is -3.71. The van der Waals surface area contributed by atoms with Gasteiger partial charge in [0.25, 0.3) is 5.91 Å². The molecule has 42 heavy (non-hydrogen) atoms. The highest BCUT2D eigenvalue weighted by atomic mass is 32.2. The average Bonchev–Trinajstić information content (AvgIpc) is 3.67. The fourth-order valence-electron chi connectivity index (χ4n) is 5.49. The van der Waals surface area contributed by atoms with Crippen LogP contribution < -0.4 is 20.1 Å². The van der Waals surface area contributed by atoms with Crippen LogP contribution >= 0.6 is 0 Å². The van der Waals surface area contributed by atoms with Crippen LogP contribution in [0.5, 0.6) is 11.5 Å². The summed E-state index contributed by atoms with van der Waals surface area (Å²) in [5.74, 6) is -0.176. The Balaban J connectivity index is 1.12. The molecule has 2 fully saturated rings. The molecule has 0 radical (unpaired) electrons. The van der Waals surface area contributed by atoms with Crippen molar-refractivity contribution in [2.24, 2.45) is 5.92 Å². The lowest BCUT2D eigenvalue weighted by Crippen LogP contribution is -2.44. The molecule has 2 N–H and O–H groups in total. The number of aromatic nitrogens is 2. The number of sulfonamides is 1. The van der Waals surface area contributed by atoms with Gasteiger partial charge in [-0.1, -0.05) is 12.1 Å². The van der Waals surface area contributed by atoms with E-state index in [1.807, 2.05) is 10.6 Å². The van der Waals surface area contributed by atoms with Crippen molar-refractivity contribution >= 4 is 32.9 Å². The molecule has 3 aromatic rings. The Bertz CT molecular complexity index is 1650. The summed E-state index contributed by atoms with van der Waals surface area (Å²) in [6.45, 7) is 1.25. The van der Waals surface area contributed by atoms with E-state index in [1.165, 1.54) is 17.4 Å². The standard InChI is InChI=1S/C28H31F2N5O6S/c1-31-24(36)16-42(38,39)34-11-9-17(10-12-34)14-32-27(37)19-7-8-22-21(13-19)33-26(18-5-6-18)35(22)15-20-3-2-4-23-25(20)41-28(29,30)40-23/h2-4,7-8,13,17-18H,5-6,9-12,14-16H2,1H3,(H,31,36)(H,32,37). The van der Waals surface area contributed by atoms with Crippen LogP contribution in [0.1, 0.15) is 53.3 Å². The van der Waals surface area contributed by atoms with E-state index < -0.39 is 28.0 Å². The number of rotatable bonds is 9. The van der Waals surface area contributed by atoms with E-state index in [4.69, 9.17) is 9.72 Å². The van der Waals surface area contributed by atoms with E-state index in [-0.39, 0.29) is 35.8 Å². The maximum Gasteiger partial charge on any atom is 0.586 e. The van der Waals surface area contributed by atoms with Crippen molar-refractivity contribution in [2.75, 3.05) is 32.4 Å². The van der Waals surface area contributed by atoms with Gasteiger partial charge < -0.3 is 24.7 Å². The Morgan fingerprint density at radius 2 is 1.86 bits per heavy atom. The zero-order valence-corrected chi connectivity index (χ0v) is 23.8. The summed E-state index contributed by atoms with van der Waals surface area (Å²) in [7, 11) is -2.27. The number of piperidine rings is 1. The predicted octanol–water partition coefficient (Wildman–Crippen LogP) is 2.80. The second-order valence-corrected chi connectivity index (χ2v) is 12.9. The number of nitrogens with zero attached hydrogens (tertiary/aromatic N) is 3. The molecule has 11 nitrogen and oxygen atoms in total. The van der Waals surface area contributed by atoms with Crippen LogP contribution in [0.25, 0.3) is 11.0 Å². The third-order valence-corrected chi connectivity index (χ3v) is 9.71. The highest BCUT2D eigenvalue weighted by molar-refractivity contribution is 7.89. The molecule has 6 rings (SSSR count). The van der Waals surface area contributed by atoms with Crippen molar-refractivity contribution in [2.45, 2.75) is 44.4 Å². The molecule has 0 unspecified atom stereocenters. The van der Waals surface area contributed by atoms with E-state index in [9.17, 15) is 26.8 Å². The summed E-state index contributed by atoms with van der Waals surface area (Å²) in [6.07, 6.45) is -0.602. The topological polar surface area (TPSA) is 132 Å². The maximum absolute atomic E-state index is 13.7. The molecule has 0 atom stereocenters. The summed E-state index contributed by atoms with van der Waals surface area (Å²) >= 11 is 0. The van der Waals surface area contributed by atoms with Crippen molar-refractivity contribution in [3.05, 3.63) is 53.3 Å². The van der Waals surface area contributed by atoms with Crippen LogP contribution in [0.3, 0.4) is 0 Å². The second kappa shape index (κ2) is 10.8. The monoisotopic (exact) mass is 603 g/mol. The van der Waals surface area contributed by atoms with Gasteiger partial charge in [-0.05, 0) is 55.9 Å². The van der Waals surface area contributed by atoms with Crippen LogP contribution in [0.4, 0.5) is 8.78 Å². The SMILES string of the molecule is CNC(=O)CS(=O)(=O)N1CCC(CNC(=O)c2ccc3c(c2)nc(C2CC2)n3Cc2cccc3c2OC(F)(F)O3)CC1. The van der Waals surface area contributed by atoms with Crippen LogP contribution in [-0.2, 0) is 21.4 Å². The second-order valence-electron chi connectivity index (χ2n) is 10.9. The van der Waals surface area contributed by atoms with Gasteiger partial charge in [0.15, 0.2) is 11.5 Å². The number of nitrogens with one attached hydrogen (secondary N) is 2. The van der Waals surface area contributed by atoms with E-state index in [2.05, 4.69) is 15.4 Å². The van der Waals surface area contributed by atoms with Crippen molar-refractivity contribution in [1.29, 1.82) is 0 Å². The van der Waals surface area contributed by atoms with Crippen molar-refractivity contribution in [3.63, 3.8) is 0 Å². The molecular weight excluding hydrogens is 572 g/mol. The third-order valence-electron chi connectivity index (χ3n) is 7.93. The number of amides is 2. The van der Waals surface area contributed by atoms with Crippen molar-refractivity contribution in [3.8, 4) is 11.5 Å². The van der Waals surface area contributed by atoms with Gasteiger partial charge in [-0.2, -0.15) is 0 Å². The first-order valence-electron chi connectivity index (χ1n) is 13.9. The van der Waals surface area contributed by atoms with Gasteiger partial charge in [-0.15, -0.1) is 8.78 Å². The first kappa shape index (κ1) is 28.3. The fraction of sp³-hybridized carbons (Fsp3) is 0.464. The Hall–Kier alpha value is -3.78. The molecule has 1 saturated carbocycles.